The van der Waals surface area contributed by atoms with Crippen LogP contribution in [0, 0.1) is 6.92 Å². The summed E-state index contributed by atoms with van der Waals surface area (Å²) >= 11 is 1.54. The van der Waals surface area contributed by atoms with Crippen LogP contribution in [0.3, 0.4) is 0 Å². The van der Waals surface area contributed by atoms with Gasteiger partial charge in [0.05, 0.1) is 17.1 Å². The van der Waals surface area contributed by atoms with E-state index in [-0.39, 0.29) is 11.4 Å². The topological polar surface area (TPSA) is 63.5 Å². The quantitative estimate of drug-likeness (QED) is 0.803. The first-order valence-electron chi connectivity index (χ1n) is 6.03. The molecule has 0 bridgehead atoms. The lowest BCUT2D eigenvalue weighted by atomic mass is 10.4. The number of imidazole rings is 1. The Balaban J connectivity index is 1.79. The lowest BCUT2D eigenvalue weighted by molar-refractivity contribution is 0.580. The zero-order valence-electron chi connectivity index (χ0n) is 10.8. The van der Waals surface area contributed by atoms with E-state index >= 15 is 0 Å². The SMILES string of the molecule is Cc1csc2nc(CNS(=O)(=O)c3ccccc3)cn12. The lowest BCUT2D eigenvalue weighted by Gasteiger charge is -2.04. The maximum Gasteiger partial charge on any atom is 0.240 e. The molecule has 0 atom stereocenters. The Morgan fingerprint density at radius 3 is 2.75 bits per heavy atom. The summed E-state index contributed by atoms with van der Waals surface area (Å²) in [6, 6.07) is 8.32. The third-order valence-corrected chi connectivity index (χ3v) is 5.31. The molecule has 0 saturated carbocycles. The summed E-state index contributed by atoms with van der Waals surface area (Å²) in [7, 11) is -3.48. The van der Waals surface area contributed by atoms with Crippen molar-refractivity contribution in [3.63, 3.8) is 0 Å². The van der Waals surface area contributed by atoms with Gasteiger partial charge in [0.25, 0.3) is 0 Å². The number of nitrogens with one attached hydrogen (secondary N) is 1. The van der Waals surface area contributed by atoms with Crippen LogP contribution >= 0.6 is 11.3 Å². The first kappa shape index (κ1) is 13.3. The molecular weight excluding hydrogens is 294 g/mol. The van der Waals surface area contributed by atoms with Gasteiger partial charge in [-0.25, -0.2) is 18.1 Å². The zero-order chi connectivity index (χ0) is 14.2. The number of benzene rings is 1. The highest BCUT2D eigenvalue weighted by Crippen LogP contribution is 2.16. The molecule has 0 aliphatic rings. The molecule has 2 aromatic heterocycles. The number of aromatic nitrogens is 2. The molecule has 0 saturated heterocycles. The second-order valence-corrected chi connectivity index (χ2v) is 7.00. The minimum Gasteiger partial charge on any atom is -0.295 e. The molecule has 2 heterocycles. The van der Waals surface area contributed by atoms with Crippen LogP contribution in [-0.4, -0.2) is 17.8 Å². The van der Waals surface area contributed by atoms with Gasteiger partial charge in [-0.05, 0) is 19.1 Å². The van der Waals surface area contributed by atoms with Crippen LogP contribution in [0.1, 0.15) is 11.4 Å². The van der Waals surface area contributed by atoms with Crippen molar-refractivity contribution in [2.24, 2.45) is 0 Å². The van der Waals surface area contributed by atoms with Gasteiger partial charge in [-0.3, -0.25) is 4.40 Å². The molecule has 0 radical (unpaired) electrons. The first-order chi connectivity index (χ1) is 9.56. The van der Waals surface area contributed by atoms with Gasteiger partial charge in [-0.2, -0.15) is 0 Å². The van der Waals surface area contributed by atoms with Crippen LogP contribution in [0.15, 0.2) is 46.8 Å². The van der Waals surface area contributed by atoms with Crippen molar-refractivity contribution >= 4 is 26.3 Å². The highest BCUT2D eigenvalue weighted by Gasteiger charge is 2.14. The van der Waals surface area contributed by atoms with Crippen LogP contribution in [0.2, 0.25) is 0 Å². The summed E-state index contributed by atoms with van der Waals surface area (Å²) in [5.74, 6) is 0. The molecule has 3 rings (SSSR count). The fourth-order valence-electron chi connectivity index (χ4n) is 1.88. The molecule has 7 heteroatoms. The van der Waals surface area contributed by atoms with E-state index in [9.17, 15) is 8.42 Å². The van der Waals surface area contributed by atoms with Crippen molar-refractivity contribution in [1.29, 1.82) is 0 Å². The summed E-state index contributed by atoms with van der Waals surface area (Å²) in [5.41, 5.74) is 1.80. The fourth-order valence-corrected chi connectivity index (χ4v) is 3.77. The Hall–Kier alpha value is -1.70. The second kappa shape index (κ2) is 5.01. The zero-order valence-corrected chi connectivity index (χ0v) is 12.4. The summed E-state index contributed by atoms with van der Waals surface area (Å²) in [4.78, 5) is 5.52. The highest BCUT2D eigenvalue weighted by molar-refractivity contribution is 7.89. The lowest BCUT2D eigenvalue weighted by Crippen LogP contribution is -2.23. The molecule has 3 aromatic rings. The van der Waals surface area contributed by atoms with Crippen LogP contribution in [-0.2, 0) is 16.6 Å². The average molecular weight is 307 g/mol. The number of fused-ring (bicyclic) bond motifs is 1. The second-order valence-electron chi connectivity index (χ2n) is 4.40. The van der Waals surface area contributed by atoms with E-state index in [0.29, 0.717) is 5.69 Å². The smallest absolute Gasteiger partial charge is 0.240 e. The van der Waals surface area contributed by atoms with Crippen LogP contribution in [0.4, 0.5) is 0 Å². The van der Waals surface area contributed by atoms with Gasteiger partial charge in [0.15, 0.2) is 4.96 Å². The number of thiazole rings is 1. The van der Waals surface area contributed by atoms with Crippen molar-refractivity contribution in [1.82, 2.24) is 14.1 Å². The van der Waals surface area contributed by atoms with Gasteiger partial charge in [-0.1, -0.05) is 18.2 Å². The fraction of sp³-hybridized carbons (Fsp3) is 0.154. The molecule has 0 unspecified atom stereocenters. The predicted octanol–water partition coefficient (Wildman–Crippen LogP) is 2.18. The minimum absolute atomic E-state index is 0.186. The minimum atomic E-state index is -3.48. The maximum atomic E-state index is 12.1. The van der Waals surface area contributed by atoms with Gasteiger partial charge in [0.1, 0.15) is 0 Å². The standard InChI is InChI=1S/C13H13N3O2S2/c1-10-9-19-13-15-11(8-16(10)13)7-14-20(17,18)12-5-3-2-4-6-12/h2-6,8-9,14H,7H2,1H3. The van der Waals surface area contributed by atoms with E-state index in [2.05, 4.69) is 9.71 Å². The van der Waals surface area contributed by atoms with Crippen molar-refractivity contribution in [3.05, 3.63) is 53.3 Å². The molecular formula is C13H13N3O2S2. The van der Waals surface area contributed by atoms with Gasteiger partial charge in [0.2, 0.25) is 10.0 Å². The number of nitrogens with zero attached hydrogens (tertiary/aromatic N) is 2. The van der Waals surface area contributed by atoms with E-state index in [1.54, 1.807) is 30.3 Å². The number of rotatable bonds is 4. The molecule has 1 aromatic carbocycles. The van der Waals surface area contributed by atoms with Gasteiger partial charge >= 0.3 is 0 Å². The molecule has 0 aliphatic heterocycles. The normalized spacial score (nSPS) is 12.1. The van der Waals surface area contributed by atoms with Crippen molar-refractivity contribution in [2.75, 3.05) is 0 Å². The Bertz CT molecular complexity index is 835. The van der Waals surface area contributed by atoms with E-state index in [0.717, 1.165) is 10.7 Å². The Morgan fingerprint density at radius 1 is 1.30 bits per heavy atom. The van der Waals surface area contributed by atoms with Crippen molar-refractivity contribution in [2.45, 2.75) is 18.4 Å². The maximum absolute atomic E-state index is 12.1. The molecule has 0 fully saturated rings. The molecule has 0 aliphatic carbocycles. The van der Waals surface area contributed by atoms with E-state index in [4.69, 9.17) is 0 Å². The Labute approximate surface area is 121 Å². The van der Waals surface area contributed by atoms with E-state index in [1.165, 1.54) is 11.3 Å². The van der Waals surface area contributed by atoms with Crippen LogP contribution in [0.5, 0.6) is 0 Å². The highest BCUT2D eigenvalue weighted by atomic mass is 32.2. The Morgan fingerprint density at radius 2 is 2.05 bits per heavy atom. The summed E-state index contributed by atoms with van der Waals surface area (Å²) in [6.45, 7) is 2.17. The van der Waals surface area contributed by atoms with Crippen LogP contribution < -0.4 is 4.72 Å². The number of aryl methyl sites for hydroxylation is 1. The molecule has 5 nitrogen and oxygen atoms in total. The molecule has 0 amide bonds. The van der Waals surface area contributed by atoms with Crippen LogP contribution in [0.25, 0.3) is 4.96 Å². The molecule has 104 valence electrons. The van der Waals surface area contributed by atoms with Gasteiger partial charge in [-0.15, -0.1) is 11.3 Å². The summed E-state index contributed by atoms with van der Waals surface area (Å²) in [5, 5.41) is 2.01. The van der Waals surface area contributed by atoms with E-state index in [1.807, 2.05) is 22.9 Å². The average Bonchev–Trinajstić information content (AvgIpc) is 3.00. The summed E-state index contributed by atoms with van der Waals surface area (Å²) in [6.07, 6.45) is 1.86. The molecule has 20 heavy (non-hydrogen) atoms. The number of hydrogen-bond acceptors (Lipinski definition) is 4. The summed E-state index contributed by atoms with van der Waals surface area (Å²) < 4.78 is 28.7. The molecule has 0 spiro atoms. The first-order valence-corrected chi connectivity index (χ1v) is 8.39. The molecule has 1 N–H and O–H groups in total. The van der Waals surface area contributed by atoms with E-state index < -0.39 is 10.0 Å². The van der Waals surface area contributed by atoms with Crippen molar-refractivity contribution < 1.29 is 8.42 Å². The number of hydrogen-bond donors (Lipinski definition) is 1. The van der Waals surface area contributed by atoms with Crippen molar-refractivity contribution in [3.8, 4) is 0 Å². The monoisotopic (exact) mass is 307 g/mol. The third kappa shape index (κ3) is 2.47. The number of sulfonamides is 1. The third-order valence-electron chi connectivity index (χ3n) is 2.94. The Kier molecular flexibility index (Phi) is 3.33. The predicted molar refractivity (Wildman–Crippen MR) is 78.3 cm³/mol. The van der Waals surface area contributed by atoms with Gasteiger partial charge in [0, 0.05) is 17.3 Å². The largest absolute Gasteiger partial charge is 0.295 e. The van der Waals surface area contributed by atoms with Gasteiger partial charge < -0.3 is 0 Å².